The molecule has 2 aromatic carbocycles. The van der Waals surface area contributed by atoms with Gasteiger partial charge in [-0.1, -0.05) is 30.7 Å². The fraction of sp³-hybridized carbons (Fsp3) is 0.111. The van der Waals surface area contributed by atoms with E-state index in [1.807, 2.05) is 24.3 Å². The molecule has 0 fully saturated rings. The molecule has 5 heteroatoms. The Morgan fingerprint density at radius 3 is 2.87 bits per heavy atom. The van der Waals surface area contributed by atoms with Crippen molar-refractivity contribution >= 4 is 45.0 Å². The largest absolute Gasteiger partial charge is 0.350 e. The van der Waals surface area contributed by atoms with Crippen LogP contribution in [0.4, 0.5) is 11.5 Å². The molecular formula is C18H15ClN4. The number of hydrogen-bond acceptors (Lipinski definition) is 3. The van der Waals surface area contributed by atoms with Crippen molar-refractivity contribution in [3.63, 3.8) is 0 Å². The topological polar surface area (TPSA) is 53.6 Å². The summed E-state index contributed by atoms with van der Waals surface area (Å²) in [5.41, 5.74) is 5.07. The van der Waals surface area contributed by atoms with Gasteiger partial charge in [0.25, 0.3) is 0 Å². The molecule has 0 spiro atoms. The van der Waals surface area contributed by atoms with Gasteiger partial charge in [-0.2, -0.15) is 0 Å². The van der Waals surface area contributed by atoms with E-state index in [0.717, 1.165) is 39.9 Å². The average molecular weight is 323 g/mol. The van der Waals surface area contributed by atoms with Crippen LogP contribution in [0.3, 0.4) is 0 Å². The number of H-pyrrole nitrogens is 1. The Bertz CT molecular complexity index is 1010. The number of nitrogens with one attached hydrogen (secondary N) is 2. The van der Waals surface area contributed by atoms with Gasteiger partial charge in [-0.15, -0.1) is 0 Å². The first-order chi connectivity index (χ1) is 11.2. The maximum atomic E-state index is 6.05. The van der Waals surface area contributed by atoms with Crippen molar-refractivity contribution in [1.29, 1.82) is 0 Å². The molecular weight excluding hydrogens is 308 g/mol. The number of benzene rings is 2. The van der Waals surface area contributed by atoms with Crippen molar-refractivity contribution in [2.24, 2.45) is 0 Å². The number of fused-ring (bicyclic) bond motifs is 3. The van der Waals surface area contributed by atoms with Gasteiger partial charge in [0.05, 0.1) is 0 Å². The lowest BCUT2D eigenvalue weighted by Crippen LogP contribution is -1.95. The van der Waals surface area contributed by atoms with Crippen LogP contribution in [0.15, 0.2) is 48.8 Å². The van der Waals surface area contributed by atoms with Crippen LogP contribution in [0.1, 0.15) is 12.5 Å². The van der Waals surface area contributed by atoms with Crippen molar-refractivity contribution in [2.75, 3.05) is 5.32 Å². The van der Waals surface area contributed by atoms with Crippen molar-refractivity contribution in [1.82, 2.24) is 15.0 Å². The number of aromatic nitrogens is 3. The summed E-state index contributed by atoms with van der Waals surface area (Å²) >= 11 is 6.05. The quantitative estimate of drug-likeness (QED) is 0.553. The van der Waals surface area contributed by atoms with Crippen LogP contribution in [0, 0.1) is 0 Å². The SMILES string of the molecule is CCc1ccc2[nH]c3c(Nc4cccc(Cl)c4)ncnc3c2c1. The van der Waals surface area contributed by atoms with Crippen LogP contribution in [0.25, 0.3) is 21.9 Å². The molecule has 0 aliphatic carbocycles. The number of hydrogen-bond donors (Lipinski definition) is 2. The number of rotatable bonds is 3. The number of aryl methyl sites for hydroxylation is 1. The summed E-state index contributed by atoms with van der Waals surface area (Å²) in [5, 5.41) is 5.12. The summed E-state index contributed by atoms with van der Waals surface area (Å²) in [6.07, 6.45) is 2.59. The van der Waals surface area contributed by atoms with Crippen molar-refractivity contribution in [3.05, 3.63) is 59.4 Å². The molecule has 4 aromatic rings. The zero-order chi connectivity index (χ0) is 15.8. The van der Waals surface area contributed by atoms with Gasteiger partial charge in [-0.25, -0.2) is 9.97 Å². The van der Waals surface area contributed by atoms with Crippen LogP contribution < -0.4 is 5.32 Å². The second-order valence-corrected chi connectivity index (χ2v) is 5.88. The van der Waals surface area contributed by atoms with Crippen LogP contribution in [-0.4, -0.2) is 15.0 Å². The molecule has 114 valence electrons. The van der Waals surface area contributed by atoms with Gasteiger partial charge in [0.2, 0.25) is 0 Å². The molecule has 2 heterocycles. The van der Waals surface area contributed by atoms with Crippen molar-refractivity contribution in [3.8, 4) is 0 Å². The fourth-order valence-electron chi connectivity index (χ4n) is 2.76. The van der Waals surface area contributed by atoms with Gasteiger partial charge in [0.1, 0.15) is 17.4 Å². The van der Waals surface area contributed by atoms with Gasteiger partial charge >= 0.3 is 0 Å². The minimum atomic E-state index is 0.685. The molecule has 0 unspecified atom stereocenters. The number of aromatic amines is 1. The summed E-state index contributed by atoms with van der Waals surface area (Å²) in [4.78, 5) is 12.2. The molecule has 0 aliphatic rings. The van der Waals surface area contributed by atoms with E-state index in [1.165, 1.54) is 5.56 Å². The maximum Gasteiger partial charge on any atom is 0.158 e. The first kappa shape index (κ1) is 14.0. The third-order valence-corrected chi connectivity index (χ3v) is 4.18. The zero-order valence-electron chi connectivity index (χ0n) is 12.6. The number of anilines is 2. The molecule has 4 rings (SSSR count). The normalized spacial score (nSPS) is 11.2. The predicted molar refractivity (Wildman–Crippen MR) is 95.5 cm³/mol. The van der Waals surface area contributed by atoms with E-state index in [4.69, 9.17) is 11.6 Å². The lowest BCUT2D eigenvalue weighted by Gasteiger charge is -2.06. The van der Waals surface area contributed by atoms with Gasteiger partial charge in [-0.3, -0.25) is 0 Å². The Morgan fingerprint density at radius 2 is 2.04 bits per heavy atom. The summed E-state index contributed by atoms with van der Waals surface area (Å²) in [6, 6.07) is 14.0. The van der Waals surface area contributed by atoms with Crippen LogP contribution in [-0.2, 0) is 6.42 Å². The highest BCUT2D eigenvalue weighted by molar-refractivity contribution is 6.30. The van der Waals surface area contributed by atoms with E-state index in [2.05, 4.69) is 45.4 Å². The van der Waals surface area contributed by atoms with E-state index in [0.29, 0.717) is 5.02 Å². The summed E-state index contributed by atoms with van der Waals surface area (Å²) < 4.78 is 0. The standard InChI is InChI=1S/C18H15ClN4/c1-2-11-6-7-15-14(8-11)16-17(23-15)18(21-10-20-16)22-13-5-3-4-12(19)9-13/h3-10,23H,2H2,1H3,(H,20,21,22). The fourth-order valence-corrected chi connectivity index (χ4v) is 2.95. The third-order valence-electron chi connectivity index (χ3n) is 3.94. The number of nitrogens with zero attached hydrogens (tertiary/aromatic N) is 2. The molecule has 2 N–H and O–H groups in total. The second-order valence-electron chi connectivity index (χ2n) is 5.44. The summed E-state index contributed by atoms with van der Waals surface area (Å²) in [7, 11) is 0. The number of halogens is 1. The van der Waals surface area contributed by atoms with E-state index in [1.54, 1.807) is 6.33 Å². The molecule has 0 amide bonds. The molecule has 4 nitrogen and oxygen atoms in total. The van der Waals surface area contributed by atoms with E-state index < -0.39 is 0 Å². The predicted octanol–water partition coefficient (Wildman–Crippen LogP) is 5.07. The van der Waals surface area contributed by atoms with Gasteiger partial charge in [-0.05, 0) is 42.3 Å². The lowest BCUT2D eigenvalue weighted by atomic mass is 10.1. The zero-order valence-corrected chi connectivity index (χ0v) is 13.4. The monoisotopic (exact) mass is 322 g/mol. The lowest BCUT2D eigenvalue weighted by molar-refractivity contribution is 1.15. The average Bonchev–Trinajstić information content (AvgIpc) is 2.94. The first-order valence-electron chi connectivity index (χ1n) is 7.52. The Morgan fingerprint density at radius 1 is 1.13 bits per heavy atom. The maximum absolute atomic E-state index is 6.05. The van der Waals surface area contributed by atoms with E-state index in [-0.39, 0.29) is 0 Å². The Hall–Kier alpha value is -2.59. The highest BCUT2D eigenvalue weighted by Gasteiger charge is 2.11. The van der Waals surface area contributed by atoms with Crippen molar-refractivity contribution < 1.29 is 0 Å². The summed E-state index contributed by atoms with van der Waals surface area (Å²) in [5.74, 6) is 0.742. The Labute approximate surface area is 138 Å². The molecule has 0 saturated heterocycles. The summed E-state index contributed by atoms with van der Waals surface area (Å²) in [6.45, 7) is 2.15. The molecule has 0 atom stereocenters. The van der Waals surface area contributed by atoms with Gasteiger partial charge < -0.3 is 10.3 Å². The minimum Gasteiger partial charge on any atom is -0.350 e. The smallest absolute Gasteiger partial charge is 0.158 e. The molecule has 0 radical (unpaired) electrons. The molecule has 2 aromatic heterocycles. The molecule has 0 aliphatic heterocycles. The van der Waals surface area contributed by atoms with Crippen molar-refractivity contribution in [2.45, 2.75) is 13.3 Å². The third kappa shape index (κ3) is 2.51. The van der Waals surface area contributed by atoms with Crippen LogP contribution in [0.5, 0.6) is 0 Å². The van der Waals surface area contributed by atoms with Gasteiger partial charge in [0, 0.05) is 21.6 Å². The van der Waals surface area contributed by atoms with Gasteiger partial charge in [0.15, 0.2) is 5.82 Å². The second kappa shape index (κ2) is 5.56. The molecule has 23 heavy (non-hydrogen) atoms. The van der Waals surface area contributed by atoms with E-state index in [9.17, 15) is 0 Å². The Balaban J connectivity index is 1.87. The highest BCUT2D eigenvalue weighted by atomic mass is 35.5. The molecule has 0 saturated carbocycles. The Kier molecular flexibility index (Phi) is 3.39. The molecule has 0 bridgehead atoms. The minimum absolute atomic E-state index is 0.685. The van der Waals surface area contributed by atoms with Crippen LogP contribution in [0.2, 0.25) is 5.02 Å². The first-order valence-corrected chi connectivity index (χ1v) is 7.90. The highest BCUT2D eigenvalue weighted by Crippen LogP contribution is 2.30. The van der Waals surface area contributed by atoms with Crippen LogP contribution >= 0.6 is 11.6 Å². The van der Waals surface area contributed by atoms with E-state index >= 15 is 0 Å².